The number of aryl methyl sites for hydroxylation is 1. The van der Waals surface area contributed by atoms with Crippen LogP contribution in [0, 0.1) is 6.92 Å². The molecule has 1 aromatic carbocycles. The third-order valence-corrected chi connectivity index (χ3v) is 4.45. The van der Waals surface area contributed by atoms with Gasteiger partial charge >= 0.3 is 0 Å². The van der Waals surface area contributed by atoms with E-state index in [-0.39, 0.29) is 0 Å². The van der Waals surface area contributed by atoms with Crippen LogP contribution in [0.15, 0.2) is 18.2 Å². The molecule has 0 saturated carbocycles. The molecule has 1 aromatic rings. The maximum Gasteiger partial charge on any atom is 0.0369 e. The zero-order valence-electron chi connectivity index (χ0n) is 13.4. The van der Waals surface area contributed by atoms with Gasteiger partial charge in [0.1, 0.15) is 0 Å². The van der Waals surface area contributed by atoms with Gasteiger partial charge in [0.05, 0.1) is 0 Å². The molecule has 1 N–H and O–H groups in total. The van der Waals surface area contributed by atoms with Gasteiger partial charge in [-0.05, 0) is 63.7 Å². The zero-order chi connectivity index (χ0) is 14.5. The van der Waals surface area contributed by atoms with Crippen molar-refractivity contribution in [1.82, 2.24) is 10.2 Å². The lowest BCUT2D eigenvalue weighted by Crippen LogP contribution is -2.42. The van der Waals surface area contributed by atoms with Gasteiger partial charge in [-0.3, -0.25) is 0 Å². The number of hydrogen-bond donors (Lipinski definition) is 1. The Hall–Kier alpha value is -1.06. The first kappa shape index (κ1) is 15.3. The van der Waals surface area contributed by atoms with Gasteiger partial charge in [-0.15, -0.1) is 0 Å². The SMILES string of the molecule is CCNCc1ccc(N2CCC(N(C)C)CC2)cc1C. The lowest BCUT2D eigenvalue weighted by molar-refractivity contribution is 0.249. The predicted molar refractivity (Wildman–Crippen MR) is 87.5 cm³/mol. The number of benzene rings is 1. The van der Waals surface area contributed by atoms with E-state index in [4.69, 9.17) is 0 Å². The molecule has 20 heavy (non-hydrogen) atoms. The van der Waals surface area contributed by atoms with Crippen molar-refractivity contribution >= 4 is 5.69 Å². The van der Waals surface area contributed by atoms with Crippen molar-refractivity contribution in [3.05, 3.63) is 29.3 Å². The smallest absolute Gasteiger partial charge is 0.0369 e. The van der Waals surface area contributed by atoms with Crippen molar-refractivity contribution in [2.24, 2.45) is 0 Å². The minimum atomic E-state index is 0.750. The van der Waals surface area contributed by atoms with Gasteiger partial charge in [-0.1, -0.05) is 13.0 Å². The third kappa shape index (κ3) is 3.74. The largest absolute Gasteiger partial charge is 0.371 e. The molecule has 3 nitrogen and oxygen atoms in total. The molecule has 1 heterocycles. The topological polar surface area (TPSA) is 18.5 Å². The van der Waals surface area contributed by atoms with Crippen LogP contribution in [0.5, 0.6) is 0 Å². The first-order chi connectivity index (χ1) is 9.61. The Morgan fingerprint density at radius 3 is 2.50 bits per heavy atom. The van der Waals surface area contributed by atoms with Crippen LogP contribution >= 0.6 is 0 Å². The van der Waals surface area contributed by atoms with Crippen LogP contribution in [0.4, 0.5) is 5.69 Å². The summed E-state index contributed by atoms with van der Waals surface area (Å²) in [4.78, 5) is 4.89. The van der Waals surface area contributed by atoms with E-state index in [1.165, 1.54) is 42.7 Å². The number of hydrogen-bond acceptors (Lipinski definition) is 3. The maximum atomic E-state index is 3.40. The highest BCUT2D eigenvalue weighted by Gasteiger charge is 2.20. The summed E-state index contributed by atoms with van der Waals surface area (Å²) in [6.07, 6.45) is 2.54. The minimum absolute atomic E-state index is 0.750. The molecule has 0 unspecified atom stereocenters. The monoisotopic (exact) mass is 275 g/mol. The molecule has 1 aliphatic rings. The number of anilines is 1. The maximum absolute atomic E-state index is 3.40. The number of rotatable bonds is 5. The molecule has 2 rings (SSSR count). The van der Waals surface area contributed by atoms with Crippen LogP contribution in [0.3, 0.4) is 0 Å². The van der Waals surface area contributed by atoms with E-state index in [0.717, 1.165) is 19.1 Å². The summed E-state index contributed by atoms with van der Waals surface area (Å²) in [6, 6.07) is 7.67. The molecule has 1 fully saturated rings. The van der Waals surface area contributed by atoms with Crippen molar-refractivity contribution in [2.45, 2.75) is 39.3 Å². The Balaban J connectivity index is 1.98. The lowest BCUT2D eigenvalue weighted by Gasteiger charge is -2.36. The van der Waals surface area contributed by atoms with Crippen molar-refractivity contribution in [2.75, 3.05) is 38.6 Å². The standard InChI is InChI=1S/C17H29N3/c1-5-18-13-15-6-7-17(12-14(15)2)20-10-8-16(9-11-20)19(3)4/h6-7,12,16,18H,5,8-11,13H2,1-4H3. The minimum Gasteiger partial charge on any atom is -0.371 e. The molecule has 112 valence electrons. The van der Waals surface area contributed by atoms with Gasteiger partial charge in [0.2, 0.25) is 0 Å². The van der Waals surface area contributed by atoms with Crippen LogP contribution in [-0.4, -0.2) is 44.7 Å². The van der Waals surface area contributed by atoms with E-state index in [0.29, 0.717) is 0 Å². The number of piperidine rings is 1. The quantitative estimate of drug-likeness (QED) is 0.891. The Bertz CT molecular complexity index is 420. The van der Waals surface area contributed by atoms with Gasteiger partial charge in [0.25, 0.3) is 0 Å². The molecule has 0 aliphatic carbocycles. The van der Waals surface area contributed by atoms with E-state index < -0.39 is 0 Å². The van der Waals surface area contributed by atoms with Crippen molar-refractivity contribution in [3.8, 4) is 0 Å². The molecule has 0 amide bonds. The summed E-state index contributed by atoms with van der Waals surface area (Å²) in [5.74, 6) is 0. The molecule has 1 saturated heterocycles. The Morgan fingerprint density at radius 1 is 1.25 bits per heavy atom. The molecule has 3 heteroatoms. The normalized spacial score (nSPS) is 16.9. The van der Waals surface area contributed by atoms with E-state index in [9.17, 15) is 0 Å². The molecule has 0 atom stereocenters. The molecule has 0 bridgehead atoms. The van der Waals surface area contributed by atoms with Crippen molar-refractivity contribution < 1.29 is 0 Å². The summed E-state index contributed by atoms with van der Waals surface area (Å²) >= 11 is 0. The summed E-state index contributed by atoms with van der Waals surface area (Å²) in [6.45, 7) is 8.73. The van der Waals surface area contributed by atoms with Crippen LogP contribution in [0.25, 0.3) is 0 Å². The summed E-state index contributed by atoms with van der Waals surface area (Å²) in [5, 5.41) is 3.40. The third-order valence-electron chi connectivity index (χ3n) is 4.45. The van der Waals surface area contributed by atoms with Crippen LogP contribution in [0.2, 0.25) is 0 Å². The summed E-state index contributed by atoms with van der Waals surface area (Å²) in [7, 11) is 4.39. The van der Waals surface area contributed by atoms with E-state index in [1.807, 2.05) is 0 Å². The average Bonchev–Trinajstić information content (AvgIpc) is 2.46. The van der Waals surface area contributed by atoms with Crippen LogP contribution in [0.1, 0.15) is 30.9 Å². The second-order valence-corrected chi connectivity index (χ2v) is 6.07. The highest BCUT2D eigenvalue weighted by atomic mass is 15.2. The molecular weight excluding hydrogens is 246 g/mol. The molecular formula is C17H29N3. The first-order valence-electron chi connectivity index (χ1n) is 7.83. The van der Waals surface area contributed by atoms with Crippen LogP contribution < -0.4 is 10.2 Å². The predicted octanol–water partition coefficient (Wildman–Crippen LogP) is 2.63. The fourth-order valence-corrected chi connectivity index (χ4v) is 2.98. The van der Waals surface area contributed by atoms with Gasteiger partial charge in [0, 0.05) is 31.4 Å². The average molecular weight is 275 g/mol. The number of nitrogens with zero attached hydrogens (tertiary/aromatic N) is 2. The second-order valence-electron chi connectivity index (χ2n) is 6.07. The molecule has 1 aliphatic heterocycles. The van der Waals surface area contributed by atoms with Crippen LogP contribution in [-0.2, 0) is 6.54 Å². The Labute approximate surface area is 124 Å². The fourth-order valence-electron chi connectivity index (χ4n) is 2.98. The first-order valence-corrected chi connectivity index (χ1v) is 7.83. The summed E-state index contributed by atoms with van der Waals surface area (Å²) in [5.41, 5.74) is 4.21. The number of nitrogens with one attached hydrogen (secondary N) is 1. The van der Waals surface area contributed by atoms with Crippen molar-refractivity contribution in [3.63, 3.8) is 0 Å². The Kier molecular flexibility index (Phi) is 5.44. The van der Waals surface area contributed by atoms with Crippen molar-refractivity contribution in [1.29, 1.82) is 0 Å². The summed E-state index contributed by atoms with van der Waals surface area (Å²) < 4.78 is 0. The highest BCUT2D eigenvalue weighted by molar-refractivity contribution is 5.51. The second kappa shape index (κ2) is 7.09. The van der Waals surface area contributed by atoms with E-state index in [1.54, 1.807) is 0 Å². The molecule has 0 spiro atoms. The zero-order valence-corrected chi connectivity index (χ0v) is 13.4. The molecule has 0 aromatic heterocycles. The van der Waals surface area contributed by atoms with E-state index >= 15 is 0 Å². The Morgan fingerprint density at radius 2 is 1.95 bits per heavy atom. The highest BCUT2D eigenvalue weighted by Crippen LogP contribution is 2.24. The van der Waals surface area contributed by atoms with Gasteiger partial charge < -0.3 is 15.1 Å². The fraction of sp³-hybridized carbons (Fsp3) is 0.647. The van der Waals surface area contributed by atoms with Gasteiger partial charge in [-0.2, -0.15) is 0 Å². The van der Waals surface area contributed by atoms with Gasteiger partial charge in [0.15, 0.2) is 0 Å². The molecule has 0 radical (unpaired) electrons. The van der Waals surface area contributed by atoms with E-state index in [2.05, 4.69) is 61.3 Å². The van der Waals surface area contributed by atoms with Gasteiger partial charge in [-0.25, -0.2) is 0 Å². The lowest BCUT2D eigenvalue weighted by atomic mass is 10.0.